The van der Waals surface area contributed by atoms with E-state index in [0.717, 1.165) is 11.3 Å². The lowest BCUT2D eigenvalue weighted by atomic mass is 9.81. The number of para-hydroxylation sites is 1. The largest absolute Gasteiger partial charge is 0.326 e. The van der Waals surface area contributed by atoms with E-state index in [1.807, 2.05) is 31.2 Å². The summed E-state index contributed by atoms with van der Waals surface area (Å²) in [7, 11) is 0. The van der Waals surface area contributed by atoms with Gasteiger partial charge in [0.05, 0.1) is 0 Å². The van der Waals surface area contributed by atoms with Crippen LogP contribution < -0.4 is 16.0 Å². The number of benzene rings is 2. The van der Waals surface area contributed by atoms with Crippen molar-refractivity contribution in [1.82, 2.24) is 0 Å². The van der Waals surface area contributed by atoms with E-state index in [1.165, 1.54) is 6.92 Å². The first-order valence-corrected chi connectivity index (χ1v) is 9.97. The Balaban J connectivity index is 1.51. The van der Waals surface area contributed by atoms with Crippen molar-refractivity contribution in [2.45, 2.75) is 39.5 Å². The van der Waals surface area contributed by atoms with Crippen molar-refractivity contribution in [3.05, 3.63) is 54.1 Å². The molecule has 1 aliphatic rings. The highest BCUT2D eigenvalue weighted by molar-refractivity contribution is 5.95. The van der Waals surface area contributed by atoms with E-state index in [-0.39, 0.29) is 29.6 Å². The number of hydrogen-bond donors (Lipinski definition) is 3. The number of carbonyl (C=O) groups excluding carboxylic acids is 3. The molecule has 2 aromatic carbocycles. The third-order valence-corrected chi connectivity index (χ3v) is 5.32. The van der Waals surface area contributed by atoms with Crippen LogP contribution in [0.25, 0.3) is 0 Å². The molecule has 0 unspecified atom stereocenters. The van der Waals surface area contributed by atoms with Crippen molar-refractivity contribution >= 4 is 34.8 Å². The van der Waals surface area contributed by atoms with Crippen LogP contribution in [0.15, 0.2) is 48.5 Å². The van der Waals surface area contributed by atoms with Crippen LogP contribution >= 0.6 is 0 Å². The molecule has 6 heteroatoms. The Kier molecular flexibility index (Phi) is 6.65. The second-order valence-corrected chi connectivity index (χ2v) is 7.60. The van der Waals surface area contributed by atoms with Crippen molar-refractivity contribution in [3.63, 3.8) is 0 Å². The minimum atomic E-state index is -0.157. The van der Waals surface area contributed by atoms with Gasteiger partial charge >= 0.3 is 0 Å². The Hall–Kier alpha value is -3.15. The molecule has 0 atom stereocenters. The summed E-state index contributed by atoms with van der Waals surface area (Å²) in [5, 5.41) is 8.64. The van der Waals surface area contributed by atoms with E-state index in [4.69, 9.17) is 0 Å². The second-order valence-electron chi connectivity index (χ2n) is 7.60. The number of aryl methyl sites for hydroxylation is 1. The summed E-state index contributed by atoms with van der Waals surface area (Å²) >= 11 is 0. The van der Waals surface area contributed by atoms with Gasteiger partial charge in [-0.25, -0.2) is 0 Å². The maximum absolute atomic E-state index is 12.6. The summed E-state index contributed by atoms with van der Waals surface area (Å²) in [5.74, 6) is -0.344. The molecule has 152 valence electrons. The lowest BCUT2D eigenvalue weighted by molar-refractivity contribution is -0.125. The molecule has 1 saturated carbocycles. The highest BCUT2D eigenvalue weighted by atomic mass is 16.2. The molecule has 0 heterocycles. The van der Waals surface area contributed by atoms with Crippen molar-refractivity contribution in [1.29, 1.82) is 0 Å². The predicted octanol–water partition coefficient (Wildman–Crippen LogP) is 4.34. The number of anilines is 3. The van der Waals surface area contributed by atoms with E-state index >= 15 is 0 Å². The van der Waals surface area contributed by atoms with Gasteiger partial charge in [-0.05, 0) is 62.4 Å². The minimum Gasteiger partial charge on any atom is -0.326 e. The first kappa shape index (κ1) is 20.6. The maximum atomic E-state index is 12.6. The van der Waals surface area contributed by atoms with Gasteiger partial charge in [0.2, 0.25) is 17.7 Å². The van der Waals surface area contributed by atoms with Gasteiger partial charge in [-0.1, -0.05) is 24.3 Å². The molecule has 0 bridgehead atoms. The minimum absolute atomic E-state index is 0.0289. The topological polar surface area (TPSA) is 87.3 Å². The molecule has 3 rings (SSSR count). The molecule has 0 aromatic heterocycles. The van der Waals surface area contributed by atoms with E-state index in [2.05, 4.69) is 16.0 Å². The number of hydrogen-bond acceptors (Lipinski definition) is 3. The van der Waals surface area contributed by atoms with Crippen LogP contribution in [0.3, 0.4) is 0 Å². The fourth-order valence-corrected chi connectivity index (χ4v) is 3.69. The molecule has 0 spiro atoms. The molecule has 6 nitrogen and oxygen atoms in total. The van der Waals surface area contributed by atoms with Gasteiger partial charge in [-0.15, -0.1) is 0 Å². The lowest BCUT2D eigenvalue weighted by Crippen LogP contribution is -2.32. The molecule has 0 radical (unpaired) electrons. The van der Waals surface area contributed by atoms with Crippen LogP contribution in [0.1, 0.15) is 38.2 Å². The summed E-state index contributed by atoms with van der Waals surface area (Å²) in [4.78, 5) is 36.4. The van der Waals surface area contributed by atoms with Gasteiger partial charge in [0.15, 0.2) is 0 Å². The van der Waals surface area contributed by atoms with Crippen LogP contribution in [-0.2, 0) is 14.4 Å². The van der Waals surface area contributed by atoms with Crippen molar-refractivity contribution < 1.29 is 14.4 Å². The highest BCUT2D eigenvalue weighted by Crippen LogP contribution is 2.31. The first-order chi connectivity index (χ1) is 13.9. The second kappa shape index (κ2) is 9.37. The van der Waals surface area contributed by atoms with Gasteiger partial charge in [-0.3, -0.25) is 14.4 Å². The third kappa shape index (κ3) is 5.67. The summed E-state index contributed by atoms with van der Waals surface area (Å²) < 4.78 is 0. The normalized spacial score (nSPS) is 18.6. The molecule has 1 aliphatic carbocycles. The monoisotopic (exact) mass is 393 g/mol. The molecule has 1 fully saturated rings. The Morgan fingerprint density at radius 3 is 1.90 bits per heavy atom. The van der Waals surface area contributed by atoms with E-state index in [0.29, 0.717) is 37.1 Å². The van der Waals surface area contributed by atoms with E-state index in [9.17, 15) is 14.4 Å². The molecule has 29 heavy (non-hydrogen) atoms. The van der Waals surface area contributed by atoms with Crippen LogP contribution in [0.2, 0.25) is 0 Å². The van der Waals surface area contributed by atoms with Crippen LogP contribution in [-0.4, -0.2) is 17.7 Å². The van der Waals surface area contributed by atoms with Gasteiger partial charge in [-0.2, -0.15) is 0 Å². The summed E-state index contributed by atoms with van der Waals surface area (Å²) in [6.07, 6.45) is 2.76. The molecule has 0 saturated heterocycles. The first-order valence-electron chi connectivity index (χ1n) is 9.97. The molecular weight excluding hydrogens is 366 g/mol. The lowest BCUT2D eigenvalue weighted by Gasteiger charge is -2.27. The molecule has 2 aromatic rings. The fraction of sp³-hybridized carbons (Fsp3) is 0.348. The van der Waals surface area contributed by atoms with Gasteiger partial charge in [0, 0.05) is 35.8 Å². The summed E-state index contributed by atoms with van der Waals surface area (Å²) in [6.45, 7) is 3.41. The Morgan fingerprint density at radius 2 is 1.31 bits per heavy atom. The van der Waals surface area contributed by atoms with Crippen molar-refractivity contribution in [2.24, 2.45) is 11.8 Å². The predicted molar refractivity (Wildman–Crippen MR) is 115 cm³/mol. The zero-order valence-corrected chi connectivity index (χ0v) is 16.8. The SMILES string of the molecule is CC(=O)Nc1cccc(NC(=O)C2CCC(C(=O)Nc3ccccc3C)CC2)c1. The van der Waals surface area contributed by atoms with E-state index in [1.54, 1.807) is 24.3 Å². The van der Waals surface area contributed by atoms with Gasteiger partial charge < -0.3 is 16.0 Å². The Morgan fingerprint density at radius 1 is 0.759 bits per heavy atom. The van der Waals surface area contributed by atoms with Crippen LogP contribution in [0.5, 0.6) is 0 Å². The molecular formula is C23H27N3O3. The Labute approximate surface area is 171 Å². The van der Waals surface area contributed by atoms with Crippen molar-refractivity contribution in [2.75, 3.05) is 16.0 Å². The third-order valence-electron chi connectivity index (χ3n) is 5.32. The van der Waals surface area contributed by atoms with E-state index < -0.39 is 0 Å². The fourth-order valence-electron chi connectivity index (χ4n) is 3.69. The smallest absolute Gasteiger partial charge is 0.227 e. The van der Waals surface area contributed by atoms with Crippen molar-refractivity contribution in [3.8, 4) is 0 Å². The van der Waals surface area contributed by atoms with Crippen LogP contribution in [0, 0.1) is 18.8 Å². The number of amides is 3. The quantitative estimate of drug-likeness (QED) is 0.706. The highest BCUT2D eigenvalue weighted by Gasteiger charge is 2.30. The zero-order chi connectivity index (χ0) is 20.8. The molecule has 3 N–H and O–H groups in total. The number of nitrogens with one attached hydrogen (secondary N) is 3. The Bertz CT molecular complexity index is 902. The average Bonchev–Trinajstić information content (AvgIpc) is 2.69. The zero-order valence-electron chi connectivity index (χ0n) is 16.8. The summed E-state index contributed by atoms with van der Waals surface area (Å²) in [6, 6.07) is 14.8. The maximum Gasteiger partial charge on any atom is 0.227 e. The average molecular weight is 393 g/mol. The molecule has 0 aliphatic heterocycles. The van der Waals surface area contributed by atoms with Crippen LogP contribution in [0.4, 0.5) is 17.1 Å². The molecule has 3 amide bonds. The number of rotatable bonds is 5. The summed E-state index contributed by atoms with van der Waals surface area (Å²) in [5.41, 5.74) is 3.18. The van der Waals surface area contributed by atoms with Gasteiger partial charge in [0.25, 0.3) is 0 Å². The standard InChI is InChI=1S/C23H27N3O3/c1-15-6-3-4-9-21(15)26-23(29)18-12-10-17(11-13-18)22(28)25-20-8-5-7-19(14-20)24-16(2)27/h3-9,14,17-18H,10-13H2,1-2H3,(H,24,27)(H,25,28)(H,26,29). The number of carbonyl (C=O) groups is 3. The van der Waals surface area contributed by atoms with Gasteiger partial charge in [0.1, 0.15) is 0 Å².